The summed E-state index contributed by atoms with van der Waals surface area (Å²) in [7, 11) is 0. The minimum Gasteiger partial charge on any atom is -0.462 e. The van der Waals surface area contributed by atoms with Gasteiger partial charge in [-0.15, -0.1) is 0 Å². The van der Waals surface area contributed by atoms with E-state index in [-0.39, 0.29) is 18.0 Å². The zero-order chi connectivity index (χ0) is 9.14. The maximum absolute atomic E-state index is 11.3. The lowest BCUT2D eigenvalue weighted by Gasteiger charge is -2.11. The van der Waals surface area contributed by atoms with Crippen LogP contribution in [0.15, 0.2) is 0 Å². The van der Waals surface area contributed by atoms with Crippen molar-refractivity contribution in [2.45, 2.75) is 26.4 Å². The number of nitrogens with one attached hydrogen (secondary N) is 1. The number of carbonyl (C=O) groups is 1. The molecule has 1 aliphatic rings. The molecule has 0 aliphatic carbocycles. The van der Waals surface area contributed by atoms with Crippen molar-refractivity contribution in [3.05, 3.63) is 0 Å². The zero-order valence-corrected chi connectivity index (χ0v) is 8.11. The van der Waals surface area contributed by atoms with Crippen LogP contribution in [0, 0.1) is 5.92 Å². The highest BCUT2D eigenvalue weighted by molar-refractivity contribution is 7.80. The van der Waals surface area contributed by atoms with Crippen molar-refractivity contribution in [2.75, 3.05) is 6.54 Å². The summed E-state index contributed by atoms with van der Waals surface area (Å²) in [4.78, 5) is 11.9. The van der Waals surface area contributed by atoms with Crippen LogP contribution >= 0.6 is 12.2 Å². The van der Waals surface area contributed by atoms with E-state index in [2.05, 4.69) is 5.32 Å². The molecule has 1 atom stereocenters. The van der Waals surface area contributed by atoms with Gasteiger partial charge in [-0.2, -0.15) is 0 Å². The molecular weight excluding hydrogens is 174 g/mol. The summed E-state index contributed by atoms with van der Waals surface area (Å²) in [6.07, 6.45) is 0.714. The predicted molar refractivity (Wildman–Crippen MR) is 49.9 cm³/mol. The summed E-state index contributed by atoms with van der Waals surface area (Å²) in [6.45, 7) is 4.46. The van der Waals surface area contributed by atoms with Crippen molar-refractivity contribution in [3.8, 4) is 0 Å². The SMILES string of the molecule is CC(C)OC(=O)C1CCNC1=S. The van der Waals surface area contributed by atoms with Crippen LogP contribution in [0.2, 0.25) is 0 Å². The smallest absolute Gasteiger partial charge is 0.316 e. The van der Waals surface area contributed by atoms with Crippen LogP contribution in [0.25, 0.3) is 0 Å². The van der Waals surface area contributed by atoms with Gasteiger partial charge in [0.05, 0.1) is 11.1 Å². The molecule has 0 aromatic rings. The van der Waals surface area contributed by atoms with E-state index in [1.165, 1.54) is 0 Å². The average molecular weight is 187 g/mol. The molecular formula is C8H13NO2S. The van der Waals surface area contributed by atoms with Gasteiger partial charge in [0.1, 0.15) is 5.92 Å². The highest BCUT2D eigenvalue weighted by Crippen LogP contribution is 2.13. The summed E-state index contributed by atoms with van der Waals surface area (Å²) >= 11 is 4.96. The average Bonchev–Trinajstić information content (AvgIpc) is 2.33. The summed E-state index contributed by atoms with van der Waals surface area (Å²) in [5.74, 6) is -0.401. The fourth-order valence-corrected chi connectivity index (χ4v) is 1.45. The number of ether oxygens (including phenoxy) is 1. The lowest BCUT2D eigenvalue weighted by molar-refractivity contribution is -0.149. The van der Waals surface area contributed by atoms with E-state index in [0.717, 1.165) is 13.0 Å². The molecule has 0 aromatic carbocycles. The van der Waals surface area contributed by atoms with E-state index in [9.17, 15) is 4.79 Å². The van der Waals surface area contributed by atoms with E-state index in [0.29, 0.717) is 4.99 Å². The van der Waals surface area contributed by atoms with Gasteiger partial charge >= 0.3 is 5.97 Å². The van der Waals surface area contributed by atoms with Gasteiger partial charge in [-0.3, -0.25) is 4.79 Å². The van der Waals surface area contributed by atoms with Gasteiger partial charge in [-0.05, 0) is 20.3 Å². The highest BCUT2D eigenvalue weighted by atomic mass is 32.1. The normalized spacial score (nSPS) is 22.6. The third-order valence-electron chi connectivity index (χ3n) is 1.69. The minimum atomic E-state index is -0.206. The Labute approximate surface area is 77.5 Å². The van der Waals surface area contributed by atoms with Gasteiger partial charge in [0.2, 0.25) is 0 Å². The van der Waals surface area contributed by atoms with Gasteiger partial charge in [0, 0.05) is 6.54 Å². The van der Waals surface area contributed by atoms with Gasteiger partial charge in [0.15, 0.2) is 0 Å². The maximum Gasteiger partial charge on any atom is 0.316 e. The molecule has 1 heterocycles. The van der Waals surface area contributed by atoms with Crippen molar-refractivity contribution in [2.24, 2.45) is 5.92 Å². The van der Waals surface area contributed by atoms with Gasteiger partial charge in [-0.1, -0.05) is 12.2 Å². The van der Waals surface area contributed by atoms with E-state index < -0.39 is 0 Å². The Morgan fingerprint density at radius 3 is 2.83 bits per heavy atom. The number of hydrogen-bond donors (Lipinski definition) is 1. The highest BCUT2D eigenvalue weighted by Gasteiger charge is 2.29. The van der Waals surface area contributed by atoms with Crippen LogP contribution < -0.4 is 5.32 Å². The molecule has 0 bridgehead atoms. The Morgan fingerprint density at radius 2 is 2.42 bits per heavy atom. The van der Waals surface area contributed by atoms with E-state index >= 15 is 0 Å². The Kier molecular flexibility index (Phi) is 3.03. The molecule has 0 amide bonds. The summed E-state index contributed by atoms with van der Waals surface area (Å²) in [6, 6.07) is 0. The fraction of sp³-hybridized carbons (Fsp3) is 0.750. The van der Waals surface area contributed by atoms with Crippen LogP contribution in [0.1, 0.15) is 20.3 Å². The first-order valence-corrected chi connectivity index (χ1v) is 4.50. The molecule has 0 spiro atoms. The fourth-order valence-electron chi connectivity index (χ4n) is 1.13. The molecule has 0 radical (unpaired) electrons. The first kappa shape index (κ1) is 9.45. The summed E-state index contributed by atoms with van der Waals surface area (Å²) in [5, 5.41) is 2.95. The predicted octanol–water partition coefficient (Wildman–Crippen LogP) is 0.875. The van der Waals surface area contributed by atoms with Crippen LogP contribution in [0.4, 0.5) is 0 Å². The second kappa shape index (κ2) is 3.85. The molecule has 1 fully saturated rings. The Balaban J connectivity index is 2.46. The van der Waals surface area contributed by atoms with Crippen LogP contribution in [0.3, 0.4) is 0 Å². The Morgan fingerprint density at radius 1 is 1.75 bits per heavy atom. The number of carbonyl (C=O) groups excluding carboxylic acids is 1. The Bertz CT molecular complexity index is 203. The van der Waals surface area contributed by atoms with Crippen LogP contribution in [-0.4, -0.2) is 23.6 Å². The van der Waals surface area contributed by atoms with E-state index in [1.807, 2.05) is 13.8 Å². The topological polar surface area (TPSA) is 38.3 Å². The third-order valence-corrected chi connectivity index (χ3v) is 2.11. The first-order chi connectivity index (χ1) is 5.61. The van der Waals surface area contributed by atoms with Gasteiger partial charge in [0.25, 0.3) is 0 Å². The molecule has 68 valence electrons. The zero-order valence-electron chi connectivity index (χ0n) is 7.29. The molecule has 4 heteroatoms. The van der Waals surface area contributed by atoms with Gasteiger partial charge in [-0.25, -0.2) is 0 Å². The molecule has 3 nitrogen and oxygen atoms in total. The molecule has 1 aliphatic heterocycles. The van der Waals surface area contributed by atoms with Crippen molar-refractivity contribution in [1.29, 1.82) is 0 Å². The first-order valence-electron chi connectivity index (χ1n) is 4.09. The summed E-state index contributed by atoms with van der Waals surface area (Å²) in [5.41, 5.74) is 0. The van der Waals surface area contributed by atoms with Crippen molar-refractivity contribution in [3.63, 3.8) is 0 Å². The Hall–Kier alpha value is -0.640. The lowest BCUT2D eigenvalue weighted by atomic mass is 10.1. The largest absolute Gasteiger partial charge is 0.462 e. The lowest BCUT2D eigenvalue weighted by Crippen LogP contribution is -2.26. The number of hydrogen-bond acceptors (Lipinski definition) is 3. The van der Waals surface area contributed by atoms with Crippen molar-refractivity contribution in [1.82, 2.24) is 5.32 Å². The number of rotatable bonds is 2. The molecule has 0 aromatic heterocycles. The van der Waals surface area contributed by atoms with Crippen molar-refractivity contribution < 1.29 is 9.53 Å². The second-order valence-corrected chi connectivity index (χ2v) is 3.56. The quantitative estimate of drug-likeness (QED) is 0.514. The molecule has 1 rings (SSSR count). The molecule has 12 heavy (non-hydrogen) atoms. The van der Waals surface area contributed by atoms with Crippen molar-refractivity contribution >= 4 is 23.2 Å². The third kappa shape index (κ3) is 2.17. The van der Waals surface area contributed by atoms with E-state index in [4.69, 9.17) is 17.0 Å². The maximum atomic E-state index is 11.3. The monoisotopic (exact) mass is 187 g/mol. The summed E-state index contributed by atoms with van der Waals surface area (Å²) < 4.78 is 5.04. The molecule has 0 saturated carbocycles. The van der Waals surface area contributed by atoms with Gasteiger partial charge < -0.3 is 10.1 Å². The van der Waals surface area contributed by atoms with Crippen LogP contribution in [0.5, 0.6) is 0 Å². The number of thiocarbonyl (C=S) groups is 1. The number of esters is 1. The molecule has 1 saturated heterocycles. The second-order valence-electron chi connectivity index (χ2n) is 3.12. The van der Waals surface area contributed by atoms with Crippen LogP contribution in [-0.2, 0) is 9.53 Å². The standard InChI is InChI=1S/C8H13NO2S/c1-5(2)11-8(10)6-3-4-9-7(6)12/h5-6H,3-4H2,1-2H3,(H,9,12). The molecule has 1 unspecified atom stereocenters. The molecule has 1 N–H and O–H groups in total. The minimum absolute atomic E-state index is 0.0547. The van der Waals surface area contributed by atoms with E-state index in [1.54, 1.807) is 0 Å².